The molecule has 4 nitrogen and oxygen atoms in total. The molecule has 1 fully saturated rings. The summed E-state index contributed by atoms with van der Waals surface area (Å²) in [5.74, 6) is 0.869. The molecule has 0 spiro atoms. The fraction of sp³-hybridized carbons (Fsp3) is 0.533. The average Bonchev–Trinajstić information content (AvgIpc) is 2.37. The number of carbonyl (C=O) groups is 1. The minimum Gasteiger partial charge on any atom is -0.491 e. The van der Waals surface area contributed by atoms with Gasteiger partial charge < -0.3 is 14.4 Å². The van der Waals surface area contributed by atoms with Crippen molar-refractivity contribution in [3.05, 3.63) is 30.3 Å². The minimum absolute atomic E-state index is 0.0449. The third-order valence-electron chi connectivity index (χ3n) is 3.12. The van der Waals surface area contributed by atoms with Crippen LogP contribution in [0.2, 0.25) is 0 Å². The van der Waals surface area contributed by atoms with Crippen LogP contribution < -0.4 is 4.74 Å². The summed E-state index contributed by atoms with van der Waals surface area (Å²) in [6.07, 6.45) is -0.0721. The van der Waals surface area contributed by atoms with Crippen molar-refractivity contribution in [3.8, 4) is 5.75 Å². The van der Waals surface area contributed by atoms with Crippen LogP contribution in [-0.2, 0) is 9.53 Å². The lowest BCUT2D eigenvalue weighted by atomic mass is 10.0. The number of ether oxygens (including phenoxy) is 2. The maximum Gasteiger partial charge on any atom is 0.249 e. The summed E-state index contributed by atoms with van der Waals surface area (Å²) in [6, 6.07) is 9.64. The maximum atomic E-state index is 11.8. The zero-order valence-corrected chi connectivity index (χ0v) is 11.8. The summed E-state index contributed by atoms with van der Waals surface area (Å²) in [6.45, 7) is 7.28. The Morgan fingerprint density at radius 2 is 2.00 bits per heavy atom. The highest BCUT2D eigenvalue weighted by Crippen LogP contribution is 2.19. The monoisotopic (exact) mass is 263 g/mol. The molecule has 0 bridgehead atoms. The van der Waals surface area contributed by atoms with Gasteiger partial charge in [-0.1, -0.05) is 18.2 Å². The Morgan fingerprint density at radius 3 is 2.63 bits per heavy atom. The van der Waals surface area contributed by atoms with E-state index < -0.39 is 0 Å². The first kappa shape index (κ1) is 13.9. The zero-order valence-electron chi connectivity index (χ0n) is 11.8. The van der Waals surface area contributed by atoms with Crippen molar-refractivity contribution in [1.29, 1.82) is 0 Å². The van der Waals surface area contributed by atoms with Crippen LogP contribution in [0, 0.1) is 0 Å². The quantitative estimate of drug-likeness (QED) is 0.838. The molecular formula is C15H21NO3. The van der Waals surface area contributed by atoms with Crippen molar-refractivity contribution < 1.29 is 14.3 Å². The van der Waals surface area contributed by atoms with Gasteiger partial charge in [0.05, 0.1) is 6.54 Å². The van der Waals surface area contributed by atoms with E-state index in [0.717, 1.165) is 5.75 Å². The molecule has 0 aromatic heterocycles. The van der Waals surface area contributed by atoms with Crippen molar-refractivity contribution in [1.82, 2.24) is 4.90 Å². The van der Waals surface area contributed by atoms with E-state index in [0.29, 0.717) is 13.2 Å². The van der Waals surface area contributed by atoms with Crippen LogP contribution in [0.15, 0.2) is 30.3 Å². The SMILES string of the molecule is CC(C)(C)N1CC(COc2ccccc2)OCC1=O. The maximum absolute atomic E-state index is 11.8. The number of benzene rings is 1. The molecule has 104 valence electrons. The van der Waals surface area contributed by atoms with Crippen LogP contribution in [0.5, 0.6) is 5.75 Å². The van der Waals surface area contributed by atoms with E-state index in [1.165, 1.54) is 0 Å². The lowest BCUT2D eigenvalue weighted by Crippen LogP contribution is -2.55. The lowest BCUT2D eigenvalue weighted by molar-refractivity contribution is -0.157. The highest BCUT2D eigenvalue weighted by Gasteiger charge is 2.33. The topological polar surface area (TPSA) is 38.8 Å². The highest BCUT2D eigenvalue weighted by molar-refractivity contribution is 5.78. The summed E-state index contributed by atoms with van der Waals surface area (Å²) in [4.78, 5) is 13.7. The Morgan fingerprint density at radius 1 is 1.32 bits per heavy atom. The van der Waals surface area contributed by atoms with Crippen LogP contribution in [0.4, 0.5) is 0 Å². The normalized spacial score (nSPS) is 20.5. The largest absolute Gasteiger partial charge is 0.491 e. The molecular weight excluding hydrogens is 242 g/mol. The second-order valence-electron chi connectivity index (χ2n) is 5.73. The molecule has 0 N–H and O–H groups in total. The predicted octanol–water partition coefficient (Wildman–Crippen LogP) is 2.09. The number of para-hydroxylation sites is 1. The summed E-state index contributed by atoms with van der Waals surface area (Å²) in [7, 11) is 0. The van der Waals surface area contributed by atoms with Crippen LogP contribution in [-0.4, -0.2) is 42.2 Å². The third-order valence-corrected chi connectivity index (χ3v) is 3.12. The molecule has 1 aliphatic rings. The van der Waals surface area contributed by atoms with Crippen molar-refractivity contribution in [3.63, 3.8) is 0 Å². The number of carbonyl (C=O) groups excluding carboxylic acids is 1. The Hall–Kier alpha value is -1.55. The van der Waals surface area contributed by atoms with Crippen molar-refractivity contribution in [2.24, 2.45) is 0 Å². The molecule has 1 aromatic rings. The smallest absolute Gasteiger partial charge is 0.249 e. The standard InChI is InChI=1S/C15H21NO3/c1-15(2,3)16-9-13(19-11-14(16)17)10-18-12-7-5-4-6-8-12/h4-8,13H,9-11H2,1-3H3. The van der Waals surface area contributed by atoms with Crippen molar-refractivity contribution >= 4 is 5.91 Å². The molecule has 1 unspecified atom stereocenters. The van der Waals surface area contributed by atoms with Gasteiger partial charge in [-0.2, -0.15) is 0 Å². The van der Waals surface area contributed by atoms with E-state index in [-0.39, 0.29) is 24.2 Å². The number of rotatable bonds is 3. The van der Waals surface area contributed by atoms with E-state index in [2.05, 4.69) is 0 Å². The molecule has 1 aliphatic heterocycles. The molecule has 0 aliphatic carbocycles. The summed E-state index contributed by atoms with van der Waals surface area (Å²) in [5, 5.41) is 0. The summed E-state index contributed by atoms with van der Waals surface area (Å²) >= 11 is 0. The number of hydrogen-bond donors (Lipinski definition) is 0. The molecule has 1 amide bonds. The first-order valence-corrected chi connectivity index (χ1v) is 6.57. The Kier molecular flexibility index (Phi) is 4.10. The molecule has 1 heterocycles. The molecule has 1 saturated heterocycles. The lowest BCUT2D eigenvalue weighted by Gasteiger charge is -2.41. The van der Waals surface area contributed by atoms with E-state index >= 15 is 0 Å². The fourth-order valence-corrected chi connectivity index (χ4v) is 2.08. The van der Waals surface area contributed by atoms with Gasteiger partial charge in [0.2, 0.25) is 5.91 Å². The summed E-state index contributed by atoms with van der Waals surface area (Å²) in [5.41, 5.74) is -0.175. The first-order valence-electron chi connectivity index (χ1n) is 6.57. The molecule has 1 aromatic carbocycles. The predicted molar refractivity (Wildman–Crippen MR) is 73.1 cm³/mol. The van der Waals surface area contributed by atoms with Gasteiger partial charge in [-0.15, -0.1) is 0 Å². The van der Waals surface area contributed by atoms with E-state index in [4.69, 9.17) is 9.47 Å². The van der Waals surface area contributed by atoms with Gasteiger partial charge in [-0.3, -0.25) is 4.79 Å². The zero-order chi connectivity index (χ0) is 13.9. The van der Waals surface area contributed by atoms with Crippen molar-refractivity contribution in [2.45, 2.75) is 32.4 Å². The second kappa shape index (κ2) is 5.61. The molecule has 19 heavy (non-hydrogen) atoms. The van der Waals surface area contributed by atoms with Crippen LogP contribution in [0.1, 0.15) is 20.8 Å². The van der Waals surface area contributed by atoms with Gasteiger partial charge >= 0.3 is 0 Å². The van der Waals surface area contributed by atoms with Gasteiger partial charge in [0.25, 0.3) is 0 Å². The third kappa shape index (κ3) is 3.70. The van der Waals surface area contributed by atoms with Crippen molar-refractivity contribution in [2.75, 3.05) is 19.8 Å². The number of morpholine rings is 1. The van der Waals surface area contributed by atoms with Gasteiger partial charge in [-0.25, -0.2) is 0 Å². The Bertz CT molecular complexity index is 425. The van der Waals surface area contributed by atoms with Gasteiger partial charge in [0.1, 0.15) is 25.1 Å². The van der Waals surface area contributed by atoms with Crippen LogP contribution in [0.3, 0.4) is 0 Å². The summed E-state index contributed by atoms with van der Waals surface area (Å²) < 4.78 is 11.2. The Balaban J connectivity index is 1.90. The van der Waals surface area contributed by atoms with Gasteiger partial charge in [-0.05, 0) is 32.9 Å². The molecule has 1 atom stereocenters. The van der Waals surface area contributed by atoms with Crippen LogP contribution in [0.25, 0.3) is 0 Å². The number of nitrogens with zero attached hydrogens (tertiary/aromatic N) is 1. The first-order chi connectivity index (χ1) is 8.97. The van der Waals surface area contributed by atoms with E-state index in [9.17, 15) is 4.79 Å². The number of amides is 1. The number of hydrogen-bond acceptors (Lipinski definition) is 3. The highest BCUT2D eigenvalue weighted by atomic mass is 16.5. The minimum atomic E-state index is -0.175. The van der Waals surface area contributed by atoms with Gasteiger partial charge in [0, 0.05) is 5.54 Å². The molecule has 0 radical (unpaired) electrons. The molecule has 4 heteroatoms. The van der Waals surface area contributed by atoms with E-state index in [1.807, 2.05) is 56.0 Å². The van der Waals surface area contributed by atoms with Crippen LogP contribution >= 0.6 is 0 Å². The van der Waals surface area contributed by atoms with Gasteiger partial charge in [0.15, 0.2) is 0 Å². The fourth-order valence-electron chi connectivity index (χ4n) is 2.08. The van der Waals surface area contributed by atoms with E-state index in [1.54, 1.807) is 0 Å². The second-order valence-corrected chi connectivity index (χ2v) is 5.73. The Labute approximate surface area is 114 Å². The molecule has 2 rings (SSSR count). The average molecular weight is 263 g/mol. The molecule has 0 saturated carbocycles.